The van der Waals surface area contributed by atoms with Crippen molar-refractivity contribution in [2.24, 2.45) is 0 Å². The Kier molecular flexibility index (Phi) is 6.67. The van der Waals surface area contributed by atoms with Crippen molar-refractivity contribution in [2.45, 2.75) is 6.42 Å². The second-order valence-corrected chi connectivity index (χ2v) is 4.41. The summed E-state index contributed by atoms with van der Waals surface area (Å²) in [6.07, 6.45) is 9.39. The van der Waals surface area contributed by atoms with Gasteiger partial charge in [-0.05, 0) is 33.1 Å². The lowest BCUT2D eigenvalue weighted by Crippen LogP contribution is -2.43. The van der Waals surface area contributed by atoms with Crippen LogP contribution in [0.15, 0.2) is 36.6 Å². The Bertz CT molecular complexity index is 273. The number of nitrogens with zero attached hydrogens (tertiary/aromatic N) is 2. The highest BCUT2D eigenvalue weighted by atomic mass is 15.2. The molecule has 0 unspecified atom stereocenters. The van der Waals surface area contributed by atoms with Crippen LogP contribution in [-0.4, -0.2) is 56.6 Å². The van der Waals surface area contributed by atoms with Crippen molar-refractivity contribution in [3.8, 4) is 0 Å². The third kappa shape index (κ3) is 5.20. The largest absolute Gasteiger partial charge is 0.369 e. The van der Waals surface area contributed by atoms with Crippen LogP contribution in [0.2, 0.25) is 0 Å². The molecular formula is C14H25N3. The molecule has 0 radical (unpaired) electrons. The summed E-state index contributed by atoms with van der Waals surface area (Å²) >= 11 is 0. The summed E-state index contributed by atoms with van der Waals surface area (Å²) in [6.45, 7) is 9.28. The molecule has 17 heavy (non-hydrogen) atoms. The van der Waals surface area contributed by atoms with Crippen LogP contribution >= 0.6 is 0 Å². The first-order chi connectivity index (χ1) is 8.27. The van der Waals surface area contributed by atoms with Crippen LogP contribution in [0.5, 0.6) is 0 Å². The Morgan fingerprint density at radius 3 is 2.59 bits per heavy atom. The van der Waals surface area contributed by atoms with E-state index in [4.69, 9.17) is 0 Å². The first-order valence-corrected chi connectivity index (χ1v) is 6.35. The molecule has 1 fully saturated rings. The van der Waals surface area contributed by atoms with Gasteiger partial charge in [-0.1, -0.05) is 24.8 Å². The molecule has 1 N–H and O–H groups in total. The van der Waals surface area contributed by atoms with E-state index >= 15 is 0 Å². The van der Waals surface area contributed by atoms with E-state index in [1.807, 2.05) is 19.2 Å². The summed E-state index contributed by atoms with van der Waals surface area (Å²) in [5.74, 6) is 0. The molecule has 1 heterocycles. The molecule has 0 aromatic rings. The van der Waals surface area contributed by atoms with Gasteiger partial charge in [-0.2, -0.15) is 0 Å². The van der Waals surface area contributed by atoms with Gasteiger partial charge in [0, 0.05) is 31.9 Å². The smallest absolute Gasteiger partial charge is 0.0327 e. The standard InChI is InChI=1S/C14H25N3/c1-4-5-7-14(8-6-9-15-2)17-12-10-16(3)11-13-17/h4-5,7-8,15H,1,6,9-13H2,2-3H3/b7-5-,14-8+. The molecule has 1 rings (SSSR count). The van der Waals surface area contributed by atoms with Gasteiger partial charge in [-0.25, -0.2) is 0 Å². The maximum absolute atomic E-state index is 3.73. The Morgan fingerprint density at radius 2 is 2.00 bits per heavy atom. The zero-order valence-corrected chi connectivity index (χ0v) is 11.2. The summed E-state index contributed by atoms with van der Waals surface area (Å²) in [4.78, 5) is 4.83. The third-order valence-corrected chi connectivity index (χ3v) is 3.02. The Labute approximate surface area is 105 Å². The van der Waals surface area contributed by atoms with Gasteiger partial charge in [-0.3, -0.25) is 0 Å². The molecule has 3 heteroatoms. The minimum atomic E-state index is 1.03. The Hall–Kier alpha value is -1.06. The highest BCUT2D eigenvalue weighted by Gasteiger charge is 2.14. The Morgan fingerprint density at radius 1 is 1.29 bits per heavy atom. The highest BCUT2D eigenvalue weighted by Crippen LogP contribution is 2.11. The molecule has 3 nitrogen and oxygen atoms in total. The molecule has 0 spiro atoms. The van der Waals surface area contributed by atoms with E-state index in [0.717, 1.165) is 39.1 Å². The molecule has 0 amide bonds. The van der Waals surface area contributed by atoms with Crippen LogP contribution in [0, 0.1) is 0 Å². The van der Waals surface area contributed by atoms with E-state index < -0.39 is 0 Å². The van der Waals surface area contributed by atoms with Crippen molar-refractivity contribution in [1.29, 1.82) is 0 Å². The van der Waals surface area contributed by atoms with Crippen molar-refractivity contribution in [1.82, 2.24) is 15.1 Å². The SMILES string of the molecule is C=C/C=C\C(=C/CCNC)N1CCN(C)CC1. The number of piperazine rings is 1. The molecule has 1 aliphatic heterocycles. The molecule has 0 aromatic heterocycles. The molecule has 0 aliphatic carbocycles. The van der Waals surface area contributed by atoms with E-state index in [-0.39, 0.29) is 0 Å². The van der Waals surface area contributed by atoms with Gasteiger partial charge in [0.1, 0.15) is 0 Å². The molecule has 1 saturated heterocycles. The van der Waals surface area contributed by atoms with E-state index in [1.165, 1.54) is 5.70 Å². The number of hydrogen-bond acceptors (Lipinski definition) is 3. The second-order valence-electron chi connectivity index (χ2n) is 4.41. The number of hydrogen-bond donors (Lipinski definition) is 1. The molecular weight excluding hydrogens is 210 g/mol. The first kappa shape index (κ1) is 14.0. The van der Waals surface area contributed by atoms with Gasteiger partial charge in [0.15, 0.2) is 0 Å². The van der Waals surface area contributed by atoms with E-state index in [0.29, 0.717) is 0 Å². The van der Waals surface area contributed by atoms with E-state index in [2.05, 4.69) is 40.9 Å². The summed E-state index contributed by atoms with van der Waals surface area (Å²) in [5.41, 5.74) is 1.33. The van der Waals surface area contributed by atoms with Crippen molar-refractivity contribution >= 4 is 0 Å². The fraction of sp³-hybridized carbons (Fsp3) is 0.571. The molecule has 0 saturated carbocycles. The summed E-state index contributed by atoms with van der Waals surface area (Å²) in [7, 11) is 4.17. The molecule has 96 valence electrons. The van der Waals surface area contributed by atoms with Gasteiger partial charge in [0.2, 0.25) is 0 Å². The molecule has 0 bridgehead atoms. The lowest BCUT2D eigenvalue weighted by Gasteiger charge is -2.34. The first-order valence-electron chi connectivity index (χ1n) is 6.35. The van der Waals surface area contributed by atoms with Crippen molar-refractivity contribution in [3.63, 3.8) is 0 Å². The van der Waals surface area contributed by atoms with Gasteiger partial charge < -0.3 is 15.1 Å². The minimum absolute atomic E-state index is 1.03. The summed E-state index contributed by atoms with van der Waals surface area (Å²) in [5, 5.41) is 3.17. The molecule has 0 atom stereocenters. The average molecular weight is 235 g/mol. The van der Waals surface area contributed by atoms with Crippen LogP contribution < -0.4 is 5.32 Å². The lowest BCUT2D eigenvalue weighted by atomic mass is 10.2. The van der Waals surface area contributed by atoms with Crippen LogP contribution in [0.25, 0.3) is 0 Å². The van der Waals surface area contributed by atoms with Gasteiger partial charge in [0.25, 0.3) is 0 Å². The fourth-order valence-corrected chi connectivity index (χ4v) is 1.90. The molecule has 0 aromatic carbocycles. The van der Waals surface area contributed by atoms with Crippen molar-refractivity contribution < 1.29 is 0 Å². The van der Waals surface area contributed by atoms with Crippen LogP contribution in [0.3, 0.4) is 0 Å². The van der Waals surface area contributed by atoms with E-state index in [1.54, 1.807) is 0 Å². The summed E-state index contributed by atoms with van der Waals surface area (Å²) < 4.78 is 0. The quantitative estimate of drug-likeness (QED) is 0.555. The monoisotopic (exact) mass is 235 g/mol. The van der Waals surface area contributed by atoms with Gasteiger partial charge >= 0.3 is 0 Å². The zero-order valence-electron chi connectivity index (χ0n) is 11.2. The second kappa shape index (κ2) is 8.09. The number of nitrogens with one attached hydrogen (secondary N) is 1. The normalized spacial score (nSPS) is 18.9. The third-order valence-electron chi connectivity index (χ3n) is 3.02. The molecule has 1 aliphatic rings. The maximum atomic E-state index is 3.73. The van der Waals surface area contributed by atoms with Gasteiger partial charge in [0.05, 0.1) is 0 Å². The van der Waals surface area contributed by atoms with Crippen molar-refractivity contribution in [2.75, 3.05) is 46.8 Å². The lowest BCUT2D eigenvalue weighted by molar-refractivity contribution is 0.190. The number of likely N-dealkylation sites (N-methyl/N-ethyl adjacent to an activating group) is 1. The Balaban J connectivity index is 2.58. The van der Waals surface area contributed by atoms with Crippen LogP contribution in [-0.2, 0) is 0 Å². The minimum Gasteiger partial charge on any atom is -0.369 e. The zero-order chi connectivity index (χ0) is 12.5. The highest BCUT2D eigenvalue weighted by molar-refractivity contribution is 5.21. The maximum Gasteiger partial charge on any atom is 0.0327 e. The summed E-state index contributed by atoms with van der Waals surface area (Å²) in [6, 6.07) is 0. The van der Waals surface area contributed by atoms with Crippen molar-refractivity contribution in [3.05, 3.63) is 36.6 Å². The number of rotatable bonds is 6. The average Bonchev–Trinajstić information content (AvgIpc) is 2.35. The van der Waals surface area contributed by atoms with Crippen LogP contribution in [0.4, 0.5) is 0 Å². The fourth-order valence-electron chi connectivity index (χ4n) is 1.90. The van der Waals surface area contributed by atoms with E-state index in [9.17, 15) is 0 Å². The predicted octanol–water partition coefficient (Wildman–Crippen LogP) is 1.47. The number of allylic oxidation sites excluding steroid dienone is 3. The van der Waals surface area contributed by atoms with Crippen LogP contribution in [0.1, 0.15) is 6.42 Å². The topological polar surface area (TPSA) is 18.5 Å². The van der Waals surface area contributed by atoms with Gasteiger partial charge in [-0.15, -0.1) is 0 Å². The predicted molar refractivity (Wildman–Crippen MR) is 75.0 cm³/mol.